The fourth-order valence-corrected chi connectivity index (χ4v) is 1.51. The number of hydrogen-bond acceptors (Lipinski definition) is 5. The Morgan fingerprint density at radius 3 is 3.00 bits per heavy atom. The van der Waals surface area contributed by atoms with E-state index in [9.17, 15) is 4.39 Å². The summed E-state index contributed by atoms with van der Waals surface area (Å²) in [5.41, 5.74) is 0.389. The molecule has 18 heavy (non-hydrogen) atoms. The van der Waals surface area contributed by atoms with Gasteiger partial charge in [-0.05, 0) is 23.4 Å². The van der Waals surface area contributed by atoms with Crippen LogP contribution in [-0.2, 0) is 0 Å². The quantitative estimate of drug-likeness (QED) is 0.847. The number of hydrogen-bond donors (Lipinski definition) is 2. The van der Waals surface area contributed by atoms with Crippen LogP contribution < -0.4 is 5.32 Å². The summed E-state index contributed by atoms with van der Waals surface area (Å²) in [4.78, 5) is 0. The lowest BCUT2D eigenvalue weighted by molar-refractivity contribution is 0.631. The fraction of sp³-hybridized carbons (Fsp3) is 0. The highest BCUT2D eigenvalue weighted by molar-refractivity contribution is 9.10. The zero-order chi connectivity index (χ0) is 13.0. The van der Waals surface area contributed by atoms with E-state index in [-0.39, 0.29) is 17.1 Å². The van der Waals surface area contributed by atoms with Gasteiger partial charge in [-0.3, -0.25) is 0 Å². The van der Waals surface area contributed by atoms with Crippen molar-refractivity contribution in [3.63, 3.8) is 0 Å². The second-order valence-corrected chi connectivity index (χ2v) is 4.09. The van der Waals surface area contributed by atoms with Crippen molar-refractivity contribution in [2.45, 2.75) is 0 Å². The summed E-state index contributed by atoms with van der Waals surface area (Å²) in [7, 11) is 0. The van der Waals surface area contributed by atoms with Crippen molar-refractivity contribution in [2.24, 2.45) is 0 Å². The van der Waals surface area contributed by atoms with Crippen molar-refractivity contribution in [1.82, 2.24) is 20.6 Å². The maximum absolute atomic E-state index is 13.5. The SMILES string of the molecule is N#CC(=CNc1ccc(Br)cc1F)c1nn[nH]n1. The molecule has 1 heterocycles. The molecule has 2 aromatic rings. The number of anilines is 1. The summed E-state index contributed by atoms with van der Waals surface area (Å²) >= 11 is 3.15. The van der Waals surface area contributed by atoms with Gasteiger partial charge in [0.1, 0.15) is 17.5 Å². The van der Waals surface area contributed by atoms with Gasteiger partial charge in [-0.2, -0.15) is 10.5 Å². The van der Waals surface area contributed by atoms with Crippen LogP contribution in [0.5, 0.6) is 0 Å². The molecule has 0 spiro atoms. The van der Waals surface area contributed by atoms with Gasteiger partial charge in [-0.1, -0.05) is 15.9 Å². The van der Waals surface area contributed by atoms with Gasteiger partial charge in [0.05, 0.1) is 5.69 Å². The third kappa shape index (κ3) is 2.70. The molecular formula is C10H6BrFN6. The predicted octanol–water partition coefficient (Wildman–Crippen LogP) is 2.08. The van der Waals surface area contributed by atoms with Gasteiger partial charge in [0.15, 0.2) is 0 Å². The summed E-state index contributed by atoms with van der Waals surface area (Å²) in [5, 5.41) is 24.5. The maximum Gasteiger partial charge on any atom is 0.216 e. The molecule has 0 aliphatic carbocycles. The highest BCUT2D eigenvalue weighted by Gasteiger charge is 2.06. The Labute approximate surface area is 110 Å². The largest absolute Gasteiger partial charge is 0.358 e. The molecule has 0 amide bonds. The van der Waals surface area contributed by atoms with E-state index in [4.69, 9.17) is 5.26 Å². The first-order chi connectivity index (χ1) is 8.70. The van der Waals surface area contributed by atoms with Crippen LogP contribution in [0.15, 0.2) is 28.9 Å². The number of aromatic amines is 1. The summed E-state index contributed by atoms with van der Waals surface area (Å²) in [5.74, 6) is -0.298. The number of nitrogens with one attached hydrogen (secondary N) is 2. The van der Waals surface area contributed by atoms with Gasteiger partial charge >= 0.3 is 0 Å². The van der Waals surface area contributed by atoms with E-state index in [1.165, 1.54) is 12.3 Å². The molecule has 2 N–H and O–H groups in total. The summed E-state index contributed by atoms with van der Waals surface area (Å²) in [6.07, 6.45) is 1.32. The van der Waals surface area contributed by atoms with Crippen LogP contribution in [0.1, 0.15) is 5.82 Å². The molecule has 0 unspecified atom stereocenters. The first-order valence-electron chi connectivity index (χ1n) is 4.76. The van der Waals surface area contributed by atoms with Crippen molar-refractivity contribution >= 4 is 27.2 Å². The highest BCUT2D eigenvalue weighted by atomic mass is 79.9. The Bertz CT molecular complexity index is 616. The minimum absolute atomic E-state index is 0.141. The zero-order valence-electron chi connectivity index (χ0n) is 8.85. The number of halogens is 2. The Balaban J connectivity index is 2.22. The van der Waals surface area contributed by atoms with Crippen molar-refractivity contribution in [3.05, 3.63) is 40.5 Å². The van der Waals surface area contributed by atoms with Crippen LogP contribution in [0.4, 0.5) is 10.1 Å². The Hall–Kier alpha value is -2.27. The van der Waals surface area contributed by atoms with Crippen LogP contribution in [0, 0.1) is 17.1 Å². The lowest BCUT2D eigenvalue weighted by atomic mass is 10.3. The molecule has 0 atom stereocenters. The van der Waals surface area contributed by atoms with Crippen molar-refractivity contribution in [1.29, 1.82) is 5.26 Å². The monoisotopic (exact) mass is 308 g/mol. The van der Waals surface area contributed by atoms with E-state index >= 15 is 0 Å². The smallest absolute Gasteiger partial charge is 0.216 e. The minimum Gasteiger partial charge on any atom is -0.358 e. The number of H-pyrrole nitrogens is 1. The Morgan fingerprint density at radius 2 is 2.39 bits per heavy atom. The molecule has 6 nitrogen and oxygen atoms in total. The standard InChI is InChI=1S/C10H6BrFN6/c11-7-1-2-9(8(12)3-7)14-5-6(4-13)10-15-17-18-16-10/h1-3,5,14H,(H,15,16,17,18). The van der Waals surface area contributed by atoms with E-state index in [2.05, 4.69) is 41.9 Å². The molecule has 0 radical (unpaired) electrons. The Kier molecular flexibility index (Phi) is 3.64. The van der Waals surface area contributed by atoms with Crippen molar-refractivity contribution < 1.29 is 4.39 Å². The topological polar surface area (TPSA) is 90.3 Å². The summed E-state index contributed by atoms with van der Waals surface area (Å²) < 4.78 is 14.1. The normalized spacial score (nSPS) is 11.1. The van der Waals surface area contributed by atoms with Gasteiger partial charge in [0, 0.05) is 10.7 Å². The number of aromatic nitrogens is 4. The molecule has 1 aromatic heterocycles. The van der Waals surface area contributed by atoms with E-state index in [0.717, 1.165) is 0 Å². The first-order valence-corrected chi connectivity index (χ1v) is 5.55. The molecule has 90 valence electrons. The molecule has 0 saturated heterocycles. The van der Waals surface area contributed by atoms with Crippen LogP contribution in [-0.4, -0.2) is 20.6 Å². The van der Waals surface area contributed by atoms with Gasteiger partial charge in [0.2, 0.25) is 5.82 Å². The van der Waals surface area contributed by atoms with Crippen molar-refractivity contribution in [3.8, 4) is 6.07 Å². The number of rotatable bonds is 3. The van der Waals surface area contributed by atoms with Crippen LogP contribution >= 0.6 is 15.9 Å². The van der Waals surface area contributed by atoms with E-state index in [1.54, 1.807) is 12.1 Å². The van der Waals surface area contributed by atoms with Crippen LogP contribution in [0.2, 0.25) is 0 Å². The highest BCUT2D eigenvalue weighted by Crippen LogP contribution is 2.20. The van der Waals surface area contributed by atoms with E-state index in [0.29, 0.717) is 4.47 Å². The molecule has 2 rings (SSSR count). The average molecular weight is 309 g/mol. The number of benzene rings is 1. The number of nitriles is 1. The first kappa shape index (κ1) is 12.2. The van der Waals surface area contributed by atoms with Gasteiger partial charge < -0.3 is 5.32 Å². The minimum atomic E-state index is -0.439. The Morgan fingerprint density at radius 1 is 1.56 bits per heavy atom. The molecule has 8 heteroatoms. The van der Waals surface area contributed by atoms with Crippen LogP contribution in [0.3, 0.4) is 0 Å². The molecule has 0 aliphatic rings. The predicted molar refractivity (Wildman–Crippen MR) is 65.5 cm³/mol. The molecule has 0 bridgehead atoms. The third-order valence-electron chi connectivity index (χ3n) is 2.01. The molecule has 0 saturated carbocycles. The number of nitrogens with zero attached hydrogens (tertiary/aromatic N) is 4. The molecular weight excluding hydrogens is 303 g/mol. The van der Waals surface area contributed by atoms with Gasteiger partial charge in [-0.25, -0.2) is 4.39 Å². The van der Waals surface area contributed by atoms with Gasteiger partial charge in [0.25, 0.3) is 0 Å². The summed E-state index contributed by atoms with van der Waals surface area (Å²) in [6, 6.07) is 6.43. The number of allylic oxidation sites excluding steroid dienone is 1. The number of tetrazole rings is 1. The second-order valence-electron chi connectivity index (χ2n) is 3.17. The lowest BCUT2D eigenvalue weighted by Gasteiger charge is -2.03. The van der Waals surface area contributed by atoms with Crippen molar-refractivity contribution in [2.75, 3.05) is 5.32 Å². The molecule has 1 aromatic carbocycles. The third-order valence-corrected chi connectivity index (χ3v) is 2.50. The van der Waals surface area contributed by atoms with Gasteiger partial charge in [-0.15, -0.1) is 10.2 Å². The lowest BCUT2D eigenvalue weighted by Crippen LogP contribution is -1.95. The van der Waals surface area contributed by atoms with E-state index in [1.807, 2.05) is 6.07 Å². The fourth-order valence-electron chi connectivity index (χ4n) is 1.18. The maximum atomic E-state index is 13.5. The van der Waals surface area contributed by atoms with E-state index < -0.39 is 5.82 Å². The average Bonchev–Trinajstić information content (AvgIpc) is 2.86. The molecule has 0 fully saturated rings. The zero-order valence-corrected chi connectivity index (χ0v) is 10.4. The molecule has 0 aliphatic heterocycles. The second kappa shape index (κ2) is 5.37. The van der Waals surface area contributed by atoms with Crippen LogP contribution in [0.25, 0.3) is 5.57 Å². The summed E-state index contributed by atoms with van der Waals surface area (Å²) in [6.45, 7) is 0.